The Hall–Kier alpha value is -2.45. The molecule has 0 fully saturated rings. The van der Waals surface area contributed by atoms with E-state index in [1.54, 1.807) is 6.92 Å². The molecule has 3 rings (SSSR count). The van der Waals surface area contributed by atoms with Gasteiger partial charge in [0.05, 0.1) is 15.9 Å². The molecule has 0 aliphatic rings. The first-order valence-electron chi connectivity index (χ1n) is 6.85. The first-order chi connectivity index (χ1) is 10.8. The van der Waals surface area contributed by atoms with E-state index in [-0.39, 0.29) is 10.7 Å². The minimum atomic E-state index is -3.78. The third-order valence-corrected chi connectivity index (χ3v) is 5.04. The fourth-order valence-electron chi connectivity index (χ4n) is 2.30. The summed E-state index contributed by atoms with van der Waals surface area (Å²) in [5, 5.41) is 0. The monoisotopic (exact) mass is 335 g/mol. The number of aromatic nitrogens is 2. The van der Waals surface area contributed by atoms with E-state index in [1.165, 1.54) is 42.5 Å². The summed E-state index contributed by atoms with van der Waals surface area (Å²) in [6.07, 6.45) is 0. The highest BCUT2D eigenvalue weighted by molar-refractivity contribution is 7.89. The van der Waals surface area contributed by atoms with Crippen LogP contribution < -0.4 is 10.4 Å². The summed E-state index contributed by atoms with van der Waals surface area (Å²) < 4.78 is 40.4. The molecule has 1 heterocycles. The van der Waals surface area contributed by atoms with Gasteiger partial charge in [-0.2, -0.15) is 0 Å². The molecule has 23 heavy (non-hydrogen) atoms. The zero-order chi connectivity index (χ0) is 16.6. The van der Waals surface area contributed by atoms with Gasteiger partial charge >= 0.3 is 5.69 Å². The van der Waals surface area contributed by atoms with Crippen LogP contribution in [0.1, 0.15) is 18.5 Å². The predicted molar refractivity (Wildman–Crippen MR) is 84.1 cm³/mol. The Morgan fingerprint density at radius 3 is 2.39 bits per heavy atom. The molecule has 0 aliphatic carbocycles. The van der Waals surface area contributed by atoms with Crippen LogP contribution in [0.2, 0.25) is 0 Å². The van der Waals surface area contributed by atoms with Crippen molar-refractivity contribution in [3.05, 3.63) is 64.3 Å². The lowest BCUT2D eigenvalue weighted by atomic mass is 10.1. The van der Waals surface area contributed by atoms with Crippen LogP contribution in [0, 0.1) is 5.82 Å². The second-order valence-corrected chi connectivity index (χ2v) is 6.90. The Kier molecular flexibility index (Phi) is 3.78. The van der Waals surface area contributed by atoms with E-state index >= 15 is 0 Å². The standard InChI is InChI=1S/C15H14FN3O3S/c1-9(10-2-4-11(16)5-3-10)19-23(21,22)12-6-7-13-14(8-12)18-15(20)17-13/h2-9,19H,1H3,(H2,17,18,20). The SMILES string of the molecule is CC(NS(=O)(=O)c1ccc2[nH]c(=O)[nH]c2c1)c1ccc(F)cc1. The number of aromatic amines is 2. The second-order valence-electron chi connectivity index (χ2n) is 5.18. The van der Waals surface area contributed by atoms with Gasteiger partial charge in [-0.3, -0.25) is 0 Å². The quantitative estimate of drug-likeness (QED) is 0.681. The van der Waals surface area contributed by atoms with Crippen molar-refractivity contribution in [3.8, 4) is 0 Å². The Balaban J connectivity index is 1.90. The third kappa shape index (κ3) is 3.17. The average molecular weight is 335 g/mol. The highest BCUT2D eigenvalue weighted by Gasteiger charge is 2.19. The second kappa shape index (κ2) is 5.64. The molecule has 0 aliphatic heterocycles. The Labute approximate surface area is 131 Å². The third-order valence-electron chi connectivity index (χ3n) is 3.50. The lowest BCUT2D eigenvalue weighted by Crippen LogP contribution is -2.26. The van der Waals surface area contributed by atoms with Gasteiger partial charge in [-0.1, -0.05) is 12.1 Å². The number of hydrogen-bond donors (Lipinski definition) is 3. The van der Waals surface area contributed by atoms with Gasteiger partial charge in [0.25, 0.3) is 0 Å². The van der Waals surface area contributed by atoms with Crippen LogP contribution in [0.3, 0.4) is 0 Å². The van der Waals surface area contributed by atoms with Gasteiger partial charge in [0.15, 0.2) is 0 Å². The summed E-state index contributed by atoms with van der Waals surface area (Å²) in [6.45, 7) is 1.67. The fraction of sp³-hybridized carbons (Fsp3) is 0.133. The molecular weight excluding hydrogens is 321 g/mol. The Bertz CT molecular complexity index is 1010. The van der Waals surface area contributed by atoms with Crippen LogP contribution >= 0.6 is 0 Å². The number of fused-ring (bicyclic) bond motifs is 1. The number of rotatable bonds is 4. The van der Waals surface area contributed by atoms with Crippen molar-refractivity contribution in [1.29, 1.82) is 0 Å². The molecule has 0 saturated heterocycles. The van der Waals surface area contributed by atoms with Crippen molar-refractivity contribution in [2.75, 3.05) is 0 Å². The van der Waals surface area contributed by atoms with Gasteiger partial charge < -0.3 is 9.97 Å². The van der Waals surface area contributed by atoms with E-state index in [1.807, 2.05) is 0 Å². The highest BCUT2D eigenvalue weighted by Crippen LogP contribution is 2.19. The molecule has 0 amide bonds. The molecule has 0 saturated carbocycles. The number of nitrogens with one attached hydrogen (secondary N) is 3. The maximum absolute atomic E-state index is 12.9. The van der Waals surface area contributed by atoms with Gasteiger partial charge in [0.1, 0.15) is 5.82 Å². The van der Waals surface area contributed by atoms with Gasteiger partial charge in [-0.25, -0.2) is 22.3 Å². The van der Waals surface area contributed by atoms with E-state index < -0.39 is 21.8 Å². The normalized spacial score (nSPS) is 13.3. The molecule has 2 aromatic carbocycles. The molecule has 1 aromatic heterocycles. The first-order valence-corrected chi connectivity index (χ1v) is 8.33. The maximum atomic E-state index is 12.9. The molecule has 3 aromatic rings. The minimum Gasteiger partial charge on any atom is -0.306 e. The lowest BCUT2D eigenvalue weighted by Gasteiger charge is -2.14. The number of sulfonamides is 1. The zero-order valence-electron chi connectivity index (χ0n) is 12.1. The molecular formula is C15H14FN3O3S. The van der Waals surface area contributed by atoms with Crippen LogP contribution in [-0.2, 0) is 10.0 Å². The van der Waals surface area contributed by atoms with Crippen molar-refractivity contribution < 1.29 is 12.8 Å². The number of H-pyrrole nitrogens is 2. The Morgan fingerprint density at radius 2 is 1.70 bits per heavy atom. The number of imidazole rings is 1. The molecule has 6 nitrogen and oxygen atoms in total. The number of benzene rings is 2. The van der Waals surface area contributed by atoms with Crippen molar-refractivity contribution >= 4 is 21.1 Å². The number of hydrogen-bond acceptors (Lipinski definition) is 3. The summed E-state index contributed by atoms with van der Waals surface area (Å²) in [6, 6.07) is 9.38. The van der Waals surface area contributed by atoms with E-state index in [0.29, 0.717) is 16.6 Å². The van der Waals surface area contributed by atoms with Crippen LogP contribution in [0.25, 0.3) is 11.0 Å². The largest absolute Gasteiger partial charge is 0.323 e. The van der Waals surface area contributed by atoms with E-state index in [2.05, 4.69) is 14.7 Å². The fourth-order valence-corrected chi connectivity index (χ4v) is 3.56. The first kappa shape index (κ1) is 15.4. The summed E-state index contributed by atoms with van der Waals surface area (Å²) in [4.78, 5) is 16.3. The average Bonchev–Trinajstić information content (AvgIpc) is 2.86. The van der Waals surface area contributed by atoms with Crippen LogP contribution in [-0.4, -0.2) is 18.4 Å². The summed E-state index contributed by atoms with van der Waals surface area (Å²) in [7, 11) is -3.78. The van der Waals surface area contributed by atoms with Gasteiger partial charge in [-0.05, 0) is 42.8 Å². The highest BCUT2D eigenvalue weighted by atomic mass is 32.2. The maximum Gasteiger partial charge on any atom is 0.323 e. The summed E-state index contributed by atoms with van der Waals surface area (Å²) in [5.41, 5.74) is 1.18. The smallest absolute Gasteiger partial charge is 0.306 e. The summed E-state index contributed by atoms with van der Waals surface area (Å²) >= 11 is 0. The topological polar surface area (TPSA) is 94.8 Å². The molecule has 3 N–H and O–H groups in total. The predicted octanol–water partition coefficient (Wildman–Crippen LogP) is 2.03. The van der Waals surface area contributed by atoms with Crippen molar-refractivity contribution in [2.24, 2.45) is 0 Å². The van der Waals surface area contributed by atoms with E-state index in [9.17, 15) is 17.6 Å². The molecule has 1 unspecified atom stereocenters. The molecule has 0 spiro atoms. The molecule has 120 valence electrons. The molecule has 1 atom stereocenters. The van der Waals surface area contributed by atoms with Gasteiger partial charge in [0.2, 0.25) is 10.0 Å². The van der Waals surface area contributed by atoms with Gasteiger partial charge in [0, 0.05) is 6.04 Å². The number of halogens is 1. The molecule has 8 heteroatoms. The van der Waals surface area contributed by atoms with E-state index in [0.717, 1.165) is 0 Å². The van der Waals surface area contributed by atoms with E-state index in [4.69, 9.17) is 0 Å². The summed E-state index contributed by atoms with van der Waals surface area (Å²) in [5.74, 6) is -0.384. The lowest BCUT2D eigenvalue weighted by molar-refractivity contribution is 0.566. The Morgan fingerprint density at radius 1 is 1.04 bits per heavy atom. The van der Waals surface area contributed by atoms with Crippen molar-refractivity contribution in [3.63, 3.8) is 0 Å². The zero-order valence-corrected chi connectivity index (χ0v) is 12.9. The molecule has 0 radical (unpaired) electrons. The van der Waals surface area contributed by atoms with Crippen LogP contribution in [0.4, 0.5) is 4.39 Å². The van der Waals surface area contributed by atoms with Crippen LogP contribution in [0.15, 0.2) is 52.2 Å². The van der Waals surface area contributed by atoms with Crippen molar-refractivity contribution in [2.45, 2.75) is 17.9 Å². The van der Waals surface area contributed by atoms with Crippen molar-refractivity contribution in [1.82, 2.24) is 14.7 Å². The van der Waals surface area contributed by atoms with Gasteiger partial charge in [-0.15, -0.1) is 0 Å². The van der Waals surface area contributed by atoms with Crippen LogP contribution in [0.5, 0.6) is 0 Å². The minimum absolute atomic E-state index is 0.0363. The molecule has 0 bridgehead atoms.